The second-order valence-corrected chi connectivity index (χ2v) is 6.83. The second-order valence-electron chi connectivity index (χ2n) is 6.83. The van der Waals surface area contributed by atoms with E-state index >= 15 is 0 Å². The van der Waals surface area contributed by atoms with Gasteiger partial charge in [-0.2, -0.15) is 0 Å². The van der Waals surface area contributed by atoms with Crippen molar-refractivity contribution in [2.75, 3.05) is 13.2 Å². The van der Waals surface area contributed by atoms with Gasteiger partial charge in [0.15, 0.2) is 0 Å². The number of ether oxygens (including phenoxy) is 1. The topological polar surface area (TPSA) is 21.3 Å². The van der Waals surface area contributed by atoms with Gasteiger partial charge in [0.1, 0.15) is 0 Å². The minimum Gasteiger partial charge on any atom is -0.377 e. The quantitative estimate of drug-likeness (QED) is 0.730. The van der Waals surface area contributed by atoms with Crippen molar-refractivity contribution in [1.29, 1.82) is 0 Å². The first-order chi connectivity index (χ1) is 9.27. The number of hydrogen-bond donors (Lipinski definition) is 1. The van der Waals surface area contributed by atoms with Gasteiger partial charge in [0.05, 0.1) is 12.7 Å². The van der Waals surface area contributed by atoms with Crippen molar-refractivity contribution < 1.29 is 4.74 Å². The molecule has 0 aromatic heterocycles. The van der Waals surface area contributed by atoms with E-state index in [2.05, 4.69) is 19.2 Å². The average molecular weight is 267 g/mol. The van der Waals surface area contributed by atoms with Crippen LogP contribution in [0.1, 0.15) is 71.6 Å². The van der Waals surface area contributed by atoms with Crippen molar-refractivity contribution in [3.05, 3.63) is 0 Å². The molecule has 0 amide bonds. The Morgan fingerprint density at radius 1 is 0.947 bits per heavy atom. The van der Waals surface area contributed by atoms with E-state index in [4.69, 9.17) is 4.74 Å². The highest BCUT2D eigenvalue weighted by Crippen LogP contribution is 2.38. The summed E-state index contributed by atoms with van der Waals surface area (Å²) in [5.74, 6) is 1.96. The molecule has 2 fully saturated rings. The molecule has 0 aromatic rings. The highest BCUT2D eigenvalue weighted by Gasteiger charge is 2.31. The molecule has 2 aliphatic rings. The van der Waals surface area contributed by atoms with Crippen LogP contribution in [0, 0.1) is 11.8 Å². The van der Waals surface area contributed by atoms with Gasteiger partial charge in [-0.3, -0.25) is 0 Å². The molecule has 2 unspecified atom stereocenters. The largest absolute Gasteiger partial charge is 0.377 e. The van der Waals surface area contributed by atoms with Crippen LogP contribution in [-0.2, 0) is 4.74 Å². The molecule has 112 valence electrons. The van der Waals surface area contributed by atoms with Crippen molar-refractivity contribution in [1.82, 2.24) is 5.32 Å². The Balaban J connectivity index is 1.75. The predicted octanol–water partition coefficient (Wildman–Crippen LogP) is 4.14. The third-order valence-electron chi connectivity index (χ3n) is 5.03. The Morgan fingerprint density at radius 2 is 1.63 bits per heavy atom. The first-order valence-electron chi connectivity index (χ1n) is 8.62. The van der Waals surface area contributed by atoms with Gasteiger partial charge in [-0.05, 0) is 38.5 Å². The fourth-order valence-corrected chi connectivity index (χ4v) is 4.08. The lowest BCUT2D eigenvalue weighted by Gasteiger charge is -2.39. The predicted molar refractivity (Wildman–Crippen MR) is 81.4 cm³/mol. The molecule has 0 radical (unpaired) electrons. The lowest BCUT2D eigenvalue weighted by atomic mass is 9.71. The molecule has 19 heavy (non-hydrogen) atoms. The monoisotopic (exact) mass is 267 g/mol. The minimum atomic E-state index is 0.363. The van der Waals surface area contributed by atoms with Gasteiger partial charge in [-0.15, -0.1) is 0 Å². The van der Waals surface area contributed by atoms with E-state index in [0.29, 0.717) is 6.10 Å². The summed E-state index contributed by atoms with van der Waals surface area (Å²) in [5.41, 5.74) is 0. The molecule has 0 spiro atoms. The Labute approximate surface area is 119 Å². The Kier molecular flexibility index (Phi) is 6.66. The van der Waals surface area contributed by atoms with Crippen molar-refractivity contribution in [3.63, 3.8) is 0 Å². The molecule has 2 heteroatoms. The van der Waals surface area contributed by atoms with E-state index in [1.165, 1.54) is 57.8 Å². The molecular formula is C17H33NO. The summed E-state index contributed by atoms with van der Waals surface area (Å²) < 4.78 is 5.65. The van der Waals surface area contributed by atoms with E-state index in [1.54, 1.807) is 0 Å². The van der Waals surface area contributed by atoms with Gasteiger partial charge >= 0.3 is 0 Å². The van der Waals surface area contributed by atoms with Crippen LogP contribution in [0.3, 0.4) is 0 Å². The number of rotatable bonds is 6. The molecule has 2 nitrogen and oxygen atoms in total. The summed E-state index contributed by atoms with van der Waals surface area (Å²) in [5, 5.41) is 3.80. The van der Waals surface area contributed by atoms with E-state index in [0.717, 1.165) is 31.0 Å². The van der Waals surface area contributed by atoms with Crippen molar-refractivity contribution in [3.8, 4) is 0 Å². The van der Waals surface area contributed by atoms with Crippen molar-refractivity contribution in [2.24, 2.45) is 11.8 Å². The molecule has 0 heterocycles. The fraction of sp³-hybridized carbons (Fsp3) is 1.00. The van der Waals surface area contributed by atoms with Gasteiger partial charge in [0, 0.05) is 12.6 Å². The summed E-state index contributed by atoms with van der Waals surface area (Å²) in [6.45, 7) is 6.13. The Hall–Kier alpha value is -0.0800. The van der Waals surface area contributed by atoms with Gasteiger partial charge in [0.25, 0.3) is 0 Å². The third kappa shape index (κ3) is 5.07. The molecule has 2 rings (SSSR count). The van der Waals surface area contributed by atoms with E-state index in [-0.39, 0.29) is 0 Å². The molecule has 0 aromatic carbocycles. The Morgan fingerprint density at radius 3 is 2.37 bits per heavy atom. The lowest BCUT2D eigenvalue weighted by Crippen LogP contribution is -2.43. The van der Waals surface area contributed by atoms with E-state index < -0.39 is 0 Å². The first-order valence-corrected chi connectivity index (χ1v) is 8.62. The summed E-state index contributed by atoms with van der Waals surface area (Å²) in [7, 11) is 0. The van der Waals surface area contributed by atoms with Crippen LogP contribution in [-0.4, -0.2) is 25.3 Å². The molecule has 0 saturated heterocycles. The highest BCUT2D eigenvalue weighted by atomic mass is 16.5. The molecule has 2 aliphatic carbocycles. The van der Waals surface area contributed by atoms with Crippen LogP contribution in [0.15, 0.2) is 0 Å². The van der Waals surface area contributed by atoms with E-state index in [9.17, 15) is 0 Å². The van der Waals surface area contributed by atoms with E-state index in [1.807, 2.05) is 0 Å². The maximum absolute atomic E-state index is 5.65. The molecule has 1 N–H and O–H groups in total. The number of hydrogen-bond acceptors (Lipinski definition) is 2. The summed E-state index contributed by atoms with van der Waals surface area (Å²) in [4.78, 5) is 0. The third-order valence-corrected chi connectivity index (χ3v) is 5.03. The lowest BCUT2D eigenvalue weighted by molar-refractivity contribution is 0.0726. The smallest absolute Gasteiger partial charge is 0.0594 e. The maximum atomic E-state index is 5.65. The standard InChI is InChI=1S/C17H33NO/c1-14(2)19-13-12-18-17-11-7-6-10-16(17)15-8-4-3-5-9-15/h14-18H,3-13H2,1-2H3. The normalized spacial score (nSPS) is 29.8. The Bertz CT molecular complexity index is 235. The highest BCUT2D eigenvalue weighted by molar-refractivity contribution is 4.86. The molecule has 0 bridgehead atoms. The molecule has 0 aliphatic heterocycles. The molecule has 2 saturated carbocycles. The zero-order valence-corrected chi connectivity index (χ0v) is 13.0. The maximum Gasteiger partial charge on any atom is 0.0594 e. The van der Waals surface area contributed by atoms with Crippen LogP contribution >= 0.6 is 0 Å². The summed E-state index contributed by atoms with van der Waals surface area (Å²) in [6, 6.07) is 0.771. The SMILES string of the molecule is CC(C)OCCNC1CCCCC1C1CCCCC1. The number of nitrogens with one attached hydrogen (secondary N) is 1. The van der Waals surface area contributed by atoms with Crippen LogP contribution in [0.4, 0.5) is 0 Å². The average Bonchev–Trinajstić information content (AvgIpc) is 2.45. The fourth-order valence-electron chi connectivity index (χ4n) is 4.08. The van der Waals surface area contributed by atoms with Gasteiger partial charge in [-0.1, -0.05) is 44.9 Å². The molecule has 2 atom stereocenters. The van der Waals surface area contributed by atoms with Crippen LogP contribution in [0.5, 0.6) is 0 Å². The zero-order chi connectivity index (χ0) is 13.5. The second kappa shape index (κ2) is 8.26. The van der Waals surface area contributed by atoms with Gasteiger partial charge in [0.2, 0.25) is 0 Å². The zero-order valence-electron chi connectivity index (χ0n) is 13.0. The van der Waals surface area contributed by atoms with Crippen molar-refractivity contribution in [2.45, 2.75) is 83.8 Å². The van der Waals surface area contributed by atoms with Crippen LogP contribution in [0.2, 0.25) is 0 Å². The molecular weight excluding hydrogens is 234 g/mol. The first kappa shape index (κ1) is 15.3. The van der Waals surface area contributed by atoms with Crippen molar-refractivity contribution >= 4 is 0 Å². The minimum absolute atomic E-state index is 0.363. The van der Waals surface area contributed by atoms with Crippen LogP contribution < -0.4 is 5.32 Å². The van der Waals surface area contributed by atoms with Gasteiger partial charge < -0.3 is 10.1 Å². The summed E-state index contributed by atoms with van der Waals surface area (Å²) in [6.07, 6.45) is 13.5. The summed E-state index contributed by atoms with van der Waals surface area (Å²) >= 11 is 0. The van der Waals surface area contributed by atoms with Gasteiger partial charge in [-0.25, -0.2) is 0 Å². The van der Waals surface area contributed by atoms with Crippen LogP contribution in [0.25, 0.3) is 0 Å².